The van der Waals surface area contributed by atoms with Crippen LogP contribution in [0.5, 0.6) is 0 Å². The van der Waals surface area contributed by atoms with Crippen molar-refractivity contribution in [1.82, 2.24) is 0 Å². The Labute approximate surface area is 280 Å². The fourth-order valence-corrected chi connectivity index (χ4v) is 5.23. The Kier molecular flexibility index (Phi) is 37.1. The molecule has 0 amide bonds. The SMILES string of the molecule is CCCCC/C=C\C/C=C\C/C=C\C/C=C\CCCCOC(CO)COC(=O)CCCCCCCCCCCCCCCCC. The third-order valence-corrected chi connectivity index (χ3v) is 8.19. The minimum Gasteiger partial charge on any atom is -0.463 e. The molecule has 4 nitrogen and oxygen atoms in total. The zero-order valence-corrected chi connectivity index (χ0v) is 29.9. The summed E-state index contributed by atoms with van der Waals surface area (Å²) in [5.41, 5.74) is 0. The van der Waals surface area contributed by atoms with E-state index in [-0.39, 0.29) is 19.2 Å². The van der Waals surface area contributed by atoms with Gasteiger partial charge in [0, 0.05) is 13.0 Å². The normalized spacial score (nSPS) is 12.9. The first kappa shape index (κ1) is 43.4. The van der Waals surface area contributed by atoms with Gasteiger partial charge in [0.05, 0.1) is 6.61 Å². The number of hydrogen-bond acceptors (Lipinski definition) is 4. The van der Waals surface area contributed by atoms with Crippen molar-refractivity contribution in [1.29, 1.82) is 0 Å². The minimum atomic E-state index is -0.424. The summed E-state index contributed by atoms with van der Waals surface area (Å²) in [6.45, 7) is 5.12. The molecular weight excluding hydrogens is 556 g/mol. The number of aliphatic hydroxyl groups excluding tert-OH is 1. The maximum atomic E-state index is 12.1. The number of carbonyl (C=O) groups is 1. The average molecular weight is 631 g/mol. The summed E-state index contributed by atoms with van der Waals surface area (Å²) >= 11 is 0. The second-order valence-electron chi connectivity index (χ2n) is 12.6. The molecule has 0 radical (unpaired) electrons. The Morgan fingerprint density at radius 3 is 1.40 bits per heavy atom. The van der Waals surface area contributed by atoms with E-state index in [9.17, 15) is 9.90 Å². The minimum absolute atomic E-state index is 0.122. The first-order chi connectivity index (χ1) is 22.2. The molecule has 4 heteroatoms. The van der Waals surface area contributed by atoms with Crippen molar-refractivity contribution in [2.45, 2.75) is 187 Å². The molecule has 1 unspecified atom stereocenters. The highest BCUT2D eigenvalue weighted by Crippen LogP contribution is 2.14. The van der Waals surface area contributed by atoms with Crippen LogP contribution < -0.4 is 0 Å². The second-order valence-corrected chi connectivity index (χ2v) is 12.6. The van der Waals surface area contributed by atoms with Crippen molar-refractivity contribution in [2.75, 3.05) is 19.8 Å². The molecular formula is C41H74O4. The van der Waals surface area contributed by atoms with Crippen LogP contribution in [-0.4, -0.2) is 37.0 Å². The van der Waals surface area contributed by atoms with E-state index in [2.05, 4.69) is 62.5 Å². The number of rotatable bonds is 35. The predicted molar refractivity (Wildman–Crippen MR) is 196 cm³/mol. The van der Waals surface area contributed by atoms with Gasteiger partial charge in [-0.05, 0) is 57.8 Å². The molecule has 0 aliphatic carbocycles. The van der Waals surface area contributed by atoms with E-state index in [0.717, 1.165) is 51.4 Å². The molecule has 0 aliphatic heterocycles. The molecule has 0 spiro atoms. The van der Waals surface area contributed by atoms with Gasteiger partial charge in [-0.2, -0.15) is 0 Å². The molecule has 0 fully saturated rings. The average Bonchev–Trinajstić information content (AvgIpc) is 3.05. The van der Waals surface area contributed by atoms with E-state index in [1.165, 1.54) is 109 Å². The van der Waals surface area contributed by atoms with Crippen LogP contribution in [0.1, 0.15) is 181 Å². The standard InChI is InChI=1S/C41H74O4/c1-3-5-7-9-11-13-15-17-19-20-21-23-25-27-29-31-33-35-37-44-40(38-42)39-45-41(43)36-34-32-30-28-26-24-22-18-16-14-12-10-8-6-4-2/h11,13,17,19,21,23,27,29,40,42H,3-10,12,14-16,18,20,22,24-26,28,30-39H2,1-2H3/b13-11-,19-17-,23-21-,29-27-. The van der Waals surface area contributed by atoms with Crippen molar-refractivity contribution in [3.8, 4) is 0 Å². The van der Waals surface area contributed by atoms with Gasteiger partial charge in [0.1, 0.15) is 12.7 Å². The Balaban J connectivity index is 3.53. The van der Waals surface area contributed by atoms with Crippen LogP contribution in [0, 0.1) is 0 Å². The molecule has 0 aromatic heterocycles. The first-order valence-electron chi connectivity index (χ1n) is 19.2. The second kappa shape index (κ2) is 38.5. The van der Waals surface area contributed by atoms with Crippen LogP contribution in [0.25, 0.3) is 0 Å². The number of carbonyl (C=O) groups excluding carboxylic acids is 1. The number of hydrogen-bond donors (Lipinski definition) is 1. The molecule has 0 heterocycles. The number of unbranched alkanes of at least 4 members (excludes halogenated alkanes) is 19. The zero-order valence-electron chi connectivity index (χ0n) is 29.9. The summed E-state index contributed by atoms with van der Waals surface area (Å²) in [6, 6.07) is 0. The van der Waals surface area contributed by atoms with E-state index in [0.29, 0.717) is 13.0 Å². The Morgan fingerprint density at radius 2 is 0.933 bits per heavy atom. The lowest BCUT2D eigenvalue weighted by molar-refractivity contribution is -0.149. The maximum Gasteiger partial charge on any atom is 0.305 e. The van der Waals surface area contributed by atoms with E-state index in [4.69, 9.17) is 9.47 Å². The smallest absolute Gasteiger partial charge is 0.305 e. The van der Waals surface area contributed by atoms with Gasteiger partial charge >= 0.3 is 5.97 Å². The number of allylic oxidation sites excluding steroid dienone is 8. The number of ether oxygens (including phenoxy) is 2. The highest BCUT2D eigenvalue weighted by Gasteiger charge is 2.11. The molecule has 1 N–H and O–H groups in total. The molecule has 45 heavy (non-hydrogen) atoms. The largest absolute Gasteiger partial charge is 0.463 e. The van der Waals surface area contributed by atoms with Gasteiger partial charge < -0.3 is 14.6 Å². The summed E-state index contributed by atoms with van der Waals surface area (Å²) in [4.78, 5) is 12.1. The summed E-state index contributed by atoms with van der Waals surface area (Å²) in [6.07, 6.45) is 48.8. The lowest BCUT2D eigenvalue weighted by Crippen LogP contribution is -2.26. The van der Waals surface area contributed by atoms with Gasteiger partial charge in [0.25, 0.3) is 0 Å². The monoisotopic (exact) mass is 631 g/mol. The lowest BCUT2D eigenvalue weighted by Gasteiger charge is -2.15. The molecule has 1 atom stereocenters. The molecule has 0 saturated carbocycles. The lowest BCUT2D eigenvalue weighted by atomic mass is 10.0. The van der Waals surface area contributed by atoms with Gasteiger partial charge in [-0.25, -0.2) is 0 Å². The molecule has 0 aromatic rings. The Bertz CT molecular complexity index is 708. The summed E-state index contributed by atoms with van der Waals surface area (Å²) < 4.78 is 11.1. The summed E-state index contributed by atoms with van der Waals surface area (Å²) in [5, 5.41) is 9.57. The Morgan fingerprint density at radius 1 is 0.533 bits per heavy atom. The third-order valence-electron chi connectivity index (χ3n) is 8.19. The van der Waals surface area contributed by atoms with E-state index in [1.807, 2.05) is 0 Å². The van der Waals surface area contributed by atoms with Crippen LogP contribution in [-0.2, 0) is 14.3 Å². The molecule has 0 rings (SSSR count). The van der Waals surface area contributed by atoms with Gasteiger partial charge in [0.15, 0.2) is 0 Å². The summed E-state index contributed by atoms with van der Waals surface area (Å²) in [5.74, 6) is -0.174. The quantitative estimate of drug-likeness (QED) is 0.0430. The van der Waals surface area contributed by atoms with Gasteiger partial charge in [-0.3, -0.25) is 4.79 Å². The fraction of sp³-hybridized carbons (Fsp3) is 0.780. The van der Waals surface area contributed by atoms with Crippen molar-refractivity contribution in [3.63, 3.8) is 0 Å². The highest BCUT2D eigenvalue weighted by molar-refractivity contribution is 5.69. The van der Waals surface area contributed by atoms with E-state index in [1.54, 1.807) is 0 Å². The van der Waals surface area contributed by atoms with Crippen molar-refractivity contribution in [3.05, 3.63) is 48.6 Å². The van der Waals surface area contributed by atoms with Crippen molar-refractivity contribution in [2.24, 2.45) is 0 Å². The molecule has 262 valence electrons. The van der Waals surface area contributed by atoms with E-state index < -0.39 is 6.10 Å². The molecule has 0 aliphatic rings. The van der Waals surface area contributed by atoms with Gasteiger partial charge in [0.2, 0.25) is 0 Å². The highest BCUT2D eigenvalue weighted by atomic mass is 16.6. The van der Waals surface area contributed by atoms with E-state index >= 15 is 0 Å². The molecule has 0 aromatic carbocycles. The van der Waals surface area contributed by atoms with Crippen molar-refractivity contribution >= 4 is 5.97 Å². The van der Waals surface area contributed by atoms with Crippen LogP contribution >= 0.6 is 0 Å². The topological polar surface area (TPSA) is 55.8 Å². The van der Waals surface area contributed by atoms with Crippen LogP contribution in [0.4, 0.5) is 0 Å². The summed E-state index contributed by atoms with van der Waals surface area (Å²) in [7, 11) is 0. The zero-order chi connectivity index (χ0) is 32.7. The third kappa shape index (κ3) is 36.7. The van der Waals surface area contributed by atoms with Gasteiger partial charge in [-0.1, -0.05) is 165 Å². The predicted octanol–water partition coefficient (Wildman–Crippen LogP) is 12.3. The fourth-order valence-electron chi connectivity index (χ4n) is 5.23. The maximum absolute atomic E-state index is 12.1. The number of esters is 1. The van der Waals surface area contributed by atoms with Crippen LogP contribution in [0.15, 0.2) is 48.6 Å². The Hall–Kier alpha value is -1.65. The van der Waals surface area contributed by atoms with Crippen LogP contribution in [0.2, 0.25) is 0 Å². The molecule has 0 saturated heterocycles. The van der Waals surface area contributed by atoms with Crippen molar-refractivity contribution < 1.29 is 19.4 Å². The first-order valence-corrected chi connectivity index (χ1v) is 19.2. The van der Waals surface area contributed by atoms with Gasteiger partial charge in [-0.15, -0.1) is 0 Å². The molecule has 0 bridgehead atoms. The van der Waals surface area contributed by atoms with Crippen LogP contribution in [0.3, 0.4) is 0 Å². The number of aliphatic hydroxyl groups is 1.